The molecule has 1 saturated heterocycles. The normalized spacial score (nSPS) is 21.3. The number of nitrogens with one attached hydrogen (secondary N) is 1. The van der Waals surface area contributed by atoms with E-state index in [1.165, 1.54) is 12.8 Å². The molecule has 3 heteroatoms. The number of hydrogen-bond acceptors (Lipinski definition) is 2. The summed E-state index contributed by atoms with van der Waals surface area (Å²) in [6, 6.07) is 0. The number of hydrogen-bond donors (Lipinski definition) is 2. The van der Waals surface area contributed by atoms with E-state index in [0.717, 1.165) is 25.4 Å². The minimum Gasteiger partial charge on any atom is -0.481 e. The third kappa shape index (κ3) is 3.77. The Kier molecular flexibility index (Phi) is 4.22. The summed E-state index contributed by atoms with van der Waals surface area (Å²) >= 11 is 0. The summed E-state index contributed by atoms with van der Waals surface area (Å²) in [6.45, 7) is 4.38. The first kappa shape index (κ1) is 10.5. The van der Waals surface area contributed by atoms with E-state index < -0.39 is 5.97 Å². The molecule has 0 aromatic heterocycles. The van der Waals surface area contributed by atoms with Crippen molar-refractivity contribution in [3.8, 4) is 0 Å². The van der Waals surface area contributed by atoms with Gasteiger partial charge >= 0.3 is 5.97 Å². The number of carboxylic acids is 1. The van der Waals surface area contributed by atoms with Crippen LogP contribution in [0, 0.1) is 11.8 Å². The summed E-state index contributed by atoms with van der Waals surface area (Å²) in [6.07, 6.45) is 3.58. The Hall–Kier alpha value is -0.570. The van der Waals surface area contributed by atoms with Crippen LogP contribution in [0.5, 0.6) is 0 Å². The van der Waals surface area contributed by atoms with Crippen molar-refractivity contribution >= 4 is 5.97 Å². The second-order valence-electron chi connectivity index (χ2n) is 4.00. The van der Waals surface area contributed by atoms with Crippen LogP contribution in [-0.4, -0.2) is 24.2 Å². The number of piperidine rings is 1. The van der Waals surface area contributed by atoms with Crippen LogP contribution in [0.2, 0.25) is 0 Å². The molecular weight excluding hydrogens is 166 g/mol. The zero-order valence-electron chi connectivity index (χ0n) is 8.25. The summed E-state index contributed by atoms with van der Waals surface area (Å²) < 4.78 is 0. The zero-order chi connectivity index (χ0) is 9.68. The first-order chi connectivity index (χ1) is 6.20. The molecule has 1 unspecified atom stereocenters. The molecule has 0 aliphatic carbocycles. The summed E-state index contributed by atoms with van der Waals surface area (Å²) in [7, 11) is 0. The van der Waals surface area contributed by atoms with E-state index in [-0.39, 0.29) is 0 Å². The third-order valence-corrected chi connectivity index (χ3v) is 3.00. The van der Waals surface area contributed by atoms with Crippen molar-refractivity contribution in [2.24, 2.45) is 11.8 Å². The molecule has 1 fully saturated rings. The highest BCUT2D eigenvalue weighted by Gasteiger charge is 2.19. The van der Waals surface area contributed by atoms with Gasteiger partial charge in [0.05, 0.1) is 0 Å². The van der Waals surface area contributed by atoms with E-state index in [0.29, 0.717) is 12.3 Å². The molecule has 0 aromatic carbocycles. The predicted molar refractivity (Wildman–Crippen MR) is 51.6 cm³/mol. The van der Waals surface area contributed by atoms with E-state index in [1.54, 1.807) is 0 Å². The van der Waals surface area contributed by atoms with Gasteiger partial charge in [0, 0.05) is 6.42 Å². The van der Waals surface area contributed by atoms with Crippen molar-refractivity contribution in [1.82, 2.24) is 5.32 Å². The Morgan fingerprint density at radius 3 is 2.69 bits per heavy atom. The molecule has 2 N–H and O–H groups in total. The summed E-state index contributed by atoms with van der Waals surface area (Å²) in [5.41, 5.74) is 0. The Bertz CT molecular complexity index is 164. The molecule has 1 heterocycles. The molecule has 13 heavy (non-hydrogen) atoms. The fourth-order valence-corrected chi connectivity index (χ4v) is 2.00. The fourth-order valence-electron chi connectivity index (χ4n) is 2.00. The number of rotatable bonds is 4. The molecular formula is C10H19NO2. The number of carbonyl (C=O) groups is 1. The van der Waals surface area contributed by atoms with Crippen molar-refractivity contribution in [1.29, 1.82) is 0 Å². The van der Waals surface area contributed by atoms with Crippen LogP contribution >= 0.6 is 0 Å². The van der Waals surface area contributed by atoms with E-state index in [2.05, 4.69) is 12.2 Å². The highest BCUT2D eigenvalue weighted by molar-refractivity contribution is 5.66. The van der Waals surface area contributed by atoms with Gasteiger partial charge in [0.1, 0.15) is 0 Å². The van der Waals surface area contributed by atoms with Gasteiger partial charge in [0.2, 0.25) is 0 Å². The average Bonchev–Trinajstić information content (AvgIpc) is 2.15. The lowest BCUT2D eigenvalue weighted by molar-refractivity contribution is -0.137. The van der Waals surface area contributed by atoms with Crippen LogP contribution in [0.1, 0.15) is 32.6 Å². The fraction of sp³-hybridized carbons (Fsp3) is 0.900. The minimum absolute atomic E-state index is 0.324. The lowest BCUT2D eigenvalue weighted by Crippen LogP contribution is -2.30. The Balaban J connectivity index is 2.20. The maximum absolute atomic E-state index is 10.4. The van der Waals surface area contributed by atoms with Crippen molar-refractivity contribution in [3.05, 3.63) is 0 Å². The molecule has 0 amide bonds. The zero-order valence-corrected chi connectivity index (χ0v) is 8.25. The summed E-state index contributed by atoms with van der Waals surface area (Å²) in [5, 5.41) is 11.9. The molecule has 0 radical (unpaired) electrons. The van der Waals surface area contributed by atoms with Gasteiger partial charge in [-0.05, 0) is 44.2 Å². The molecule has 0 saturated carbocycles. The Morgan fingerprint density at radius 1 is 1.54 bits per heavy atom. The maximum Gasteiger partial charge on any atom is 0.303 e. The first-order valence-electron chi connectivity index (χ1n) is 5.12. The SMILES string of the molecule is CC(CCC(=O)O)C1CCNCC1. The third-order valence-electron chi connectivity index (χ3n) is 3.00. The van der Waals surface area contributed by atoms with Gasteiger partial charge in [-0.3, -0.25) is 4.79 Å². The molecule has 1 rings (SSSR count). The van der Waals surface area contributed by atoms with Crippen LogP contribution in [0.15, 0.2) is 0 Å². The second-order valence-corrected chi connectivity index (χ2v) is 4.00. The molecule has 1 atom stereocenters. The van der Waals surface area contributed by atoms with Gasteiger partial charge < -0.3 is 10.4 Å². The van der Waals surface area contributed by atoms with Crippen molar-refractivity contribution < 1.29 is 9.90 Å². The highest BCUT2D eigenvalue weighted by atomic mass is 16.4. The number of aliphatic carboxylic acids is 1. The molecule has 1 aliphatic heterocycles. The largest absolute Gasteiger partial charge is 0.481 e. The van der Waals surface area contributed by atoms with Crippen LogP contribution < -0.4 is 5.32 Å². The van der Waals surface area contributed by atoms with Gasteiger partial charge in [-0.2, -0.15) is 0 Å². The molecule has 1 aliphatic rings. The Morgan fingerprint density at radius 2 is 2.15 bits per heavy atom. The highest BCUT2D eigenvalue weighted by Crippen LogP contribution is 2.25. The smallest absolute Gasteiger partial charge is 0.303 e. The summed E-state index contributed by atoms with van der Waals surface area (Å²) in [4.78, 5) is 10.4. The second kappa shape index (κ2) is 5.22. The average molecular weight is 185 g/mol. The van der Waals surface area contributed by atoms with Crippen LogP contribution in [-0.2, 0) is 4.79 Å². The molecule has 0 bridgehead atoms. The summed E-state index contributed by atoms with van der Waals surface area (Å²) in [5.74, 6) is 0.639. The van der Waals surface area contributed by atoms with Crippen LogP contribution in [0.25, 0.3) is 0 Å². The van der Waals surface area contributed by atoms with E-state index in [4.69, 9.17) is 5.11 Å². The first-order valence-corrected chi connectivity index (χ1v) is 5.12. The van der Waals surface area contributed by atoms with Gasteiger partial charge in [0.15, 0.2) is 0 Å². The van der Waals surface area contributed by atoms with Gasteiger partial charge in [-0.1, -0.05) is 6.92 Å². The maximum atomic E-state index is 10.4. The molecule has 76 valence electrons. The van der Waals surface area contributed by atoms with E-state index in [9.17, 15) is 4.79 Å². The molecule has 0 aromatic rings. The lowest BCUT2D eigenvalue weighted by atomic mass is 9.83. The number of carboxylic acid groups (broad SMARTS) is 1. The van der Waals surface area contributed by atoms with Crippen LogP contribution in [0.3, 0.4) is 0 Å². The topological polar surface area (TPSA) is 49.3 Å². The Labute approximate surface area is 79.5 Å². The lowest BCUT2D eigenvalue weighted by Gasteiger charge is -2.27. The van der Waals surface area contributed by atoms with E-state index >= 15 is 0 Å². The van der Waals surface area contributed by atoms with Gasteiger partial charge in [-0.15, -0.1) is 0 Å². The van der Waals surface area contributed by atoms with Gasteiger partial charge in [-0.25, -0.2) is 0 Å². The van der Waals surface area contributed by atoms with Crippen molar-refractivity contribution in [2.45, 2.75) is 32.6 Å². The van der Waals surface area contributed by atoms with Crippen molar-refractivity contribution in [2.75, 3.05) is 13.1 Å². The monoisotopic (exact) mass is 185 g/mol. The standard InChI is InChI=1S/C10H19NO2/c1-8(2-3-10(12)13)9-4-6-11-7-5-9/h8-9,11H,2-7H2,1H3,(H,12,13). The molecule has 3 nitrogen and oxygen atoms in total. The minimum atomic E-state index is -0.666. The quantitative estimate of drug-likeness (QED) is 0.697. The molecule has 0 spiro atoms. The van der Waals surface area contributed by atoms with E-state index in [1.807, 2.05) is 0 Å². The van der Waals surface area contributed by atoms with Crippen molar-refractivity contribution in [3.63, 3.8) is 0 Å². The van der Waals surface area contributed by atoms with Gasteiger partial charge in [0.25, 0.3) is 0 Å². The predicted octanol–water partition coefficient (Wildman–Crippen LogP) is 1.49. The van der Waals surface area contributed by atoms with Crippen LogP contribution in [0.4, 0.5) is 0 Å².